The number of carbonyl (C=O) groups excluding carboxylic acids is 2. The highest BCUT2D eigenvalue weighted by molar-refractivity contribution is 5.93. The predicted molar refractivity (Wildman–Crippen MR) is 125 cm³/mol. The fourth-order valence-electron chi connectivity index (χ4n) is 3.68. The van der Waals surface area contributed by atoms with E-state index in [1.165, 1.54) is 12.4 Å². The monoisotopic (exact) mass is 491 g/mol. The van der Waals surface area contributed by atoms with Crippen molar-refractivity contribution < 1.29 is 27.8 Å². The van der Waals surface area contributed by atoms with Crippen LogP contribution in [0.2, 0.25) is 0 Å². The van der Waals surface area contributed by atoms with Gasteiger partial charge in [0.25, 0.3) is 0 Å². The molecule has 2 amide bonds. The van der Waals surface area contributed by atoms with Crippen LogP contribution in [-0.4, -0.2) is 68.6 Å². The quantitative estimate of drug-likeness (QED) is 0.669. The topological polar surface area (TPSA) is 96.9 Å². The largest absolute Gasteiger partial charge is 0.444 e. The Kier molecular flexibility index (Phi) is 7.59. The molecule has 9 nitrogen and oxygen atoms in total. The number of carbonyl (C=O) groups is 2. The molecule has 0 aliphatic carbocycles. The Labute approximate surface area is 203 Å². The third-order valence-corrected chi connectivity index (χ3v) is 5.46. The van der Waals surface area contributed by atoms with Crippen molar-refractivity contribution in [2.75, 3.05) is 25.0 Å². The molecule has 0 bridgehead atoms. The minimum absolute atomic E-state index is 0.0124. The first kappa shape index (κ1) is 26.3. The Hall–Kier alpha value is -3.34. The summed E-state index contributed by atoms with van der Waals surface area (Å²) in [5.41, 5.74) is -1.13. The molecule has 1 aliphatic rings. The number of piperazine rings is 1. The van der Waals surface area contributed by atoms with Crippen LogP contribution >= 0.6 is 0 Å². The Morgan fingerprint density at radius 3 is 2.43 bits per heavy atom. The number of rotatable bonds is 5. The average Bonchev–Trinajstić information content (AvgIpc) is 2.74. The van der Waals surface area contributed by atoms with Crippen molar-refractivity contribution in [2.45, 2.75) is 58.7 Å². The lowest BCUT2D eigenvalue weighted by Gasteiger charge is -2.48. The van der Waals surface area contributed by atoms with Gasteiger partial charge in [-0.3, -0.25) is 9.69 Å². The van der Waals surface area contributed by atoms with Gasteiger partial charge in [-0.05, 0) is 53.7 Å². The number of halogens is 2. The van der Waals surface area contributed by atoms with Crippen LogP contribution in [0.5, 0.6) is 11.6 Å². The van der Waals surface area contributed by atoms with Gasteiger partial charge in [0.1, 0.15) is 11.4 Å². The lowest BCUT2D eigenvalue weighted by Crippen LogP contribution is -2.64. The highest BCUT2D eigenvalue weighted by Gasteiger charge is 2.41. The zero-order chi connectivity index (χ0) is 26.0. The number of ether oxygens (including phenoxy) is 2. The summed E-state index contributed by atoms with van der Waals surface area (Å²) in [6.45, 7) is 12.5. The molecule has 11 heteroatoms. The molecule has 35 heavy (non-hydrogen) atoms. The summed E-state index contributed by atoms with van der Waals surface area (Å²) < 4.78 is 37.6. The maximum atomic E-state index is 13.7. The number of hydrogen-bond acceptors (Lipinski definition) is 7. The molecule has 0 spiro atoms. The second kappa shape index (κ2) is 10.1. The summed E-state index contributed by atoms with van der Waals surface area (Å²) in [4.78, 5) is 37.2. The second-order valence-electron chi connectivity index (χ2n) is 10.00. The molecule has 1 aromatic heterocycles. The molecule has 0 radical (unpaired) electrons. The van der Waals surface area contributed by atoms with E-state index < -0.39 is 28.8 Å². The van der Waals surface area contributed by atoms with Gasteiger partial charge in [0, 0.05) is 25.7 Å². The number of nitrogens with zero attached hydrogens (tertiary/aromatic N) is 4. The molecule has 2 aromatic rings. The minimum atomic E-state index is -0.868. The number of nitrogens with one attached hydrogen (secondary N) is 1. The van der Waals surface area contributed by atoms with E-state index >= 15 is 0 Å². The Balaban J connectivity index is 1.58. The zero-order valence-electron chi connectivity index (χ0n) is 20.8. The molecule has 1 unspecified atom stereocenters. The third-order valence-electron chi connectivity index (χ3n) is 5.46. The van der Waals surface area contributed by atoms with Crippen LogP contribution in [0, 0.1) is 11.6 Å². The second-order valence-corrected chi connectivity index (χ2v) is 10.00. The van der Waals surface area contributed by atoms with Gasteiger partial charge >= 0.3 is 6.09 Å². The van der Waals surface area contributed by atoms with Crippen molar-refractivity contribution in [3.05, 3.63) is 42.2 Å². The van der Waals surface area contributed by atoms with Gasteiger partial charge in [-0.1, -0.05) is 0 Å². The molecule has 190 valence electrons. The summed E-state index contributed by atoms with van der Waals surface area (Å²) >= 11 is 0. The summed E-state index contributed by atoms with van der Waals surface area (Å²) in [5.74, 6) is -1.89. The SMILES string of the molecule is CC(C(=O)Nc1cnc(Oc2ccc(F)cc2F)cn1)N1CCN(C(=O)OC(C)(C)C)C(C)(C)C1. The summed E-state index contributed by atoms with van der Waals surface area (Å²) in [6, 6.07) is 2.42. The molecule has 2 heterocycles. The first-order valence-corrected chi connectivity index (χ1v) is 11.3. The minimum Gasteiger partial charge on any atom is -0.444 e. The van der Waals surface area contributed by atoms with Gasteiger partial charge in [0.05, 0.1) is 24.0 Å². The van der Waals surface area contributed by atoms with E-state index in [0.29, 0.717) is 25.7 Å². The lowest BCUT2D eigenvalue weighted by molar-refractivity contribution is -0.122. The van der Waals surface area contributed by atoms with Crippen LogP contribution in [0.4, 0.5) is 19.4 Å². The Morgan fingerprint density at radius 1 is 1.14 bits per heavy atom. The van der Waals surface area contributed by atoms with Crippen molar-refractivity contribution in [1.82, 2.24) is 19.8 Å². The molecule has 1 N–H and O–H groups in total. The van der Waals surface area contributed by atoms with Crippen molar-refractivity contribution in [1.29, 1.82) is 0 Å². The fraction of sp³-hybridized carbons (Fsp3) is 0.500. The van der Waals surface area contributed by atoms with E-state index in [1.54, 1.807) is 11.8 Å². The van der Waals surface area contributed by atoms with E-state index in [9.17, 15) is 18.4 Å². The summed E-state index contributed by atoms with van der Waals surface area (Å²) in [5, 5.41) is 2.70. The van der Waals surface area contributed by atoms with E-state index in [1.807, 2.05) is 39.5 Å². The molecule has 3 rings (SSSR count). The van der Waals surface area contributed by atoms with Crippen molar-refractivity contribution in [3.63, 3.8) is 0 Å². The van der Waals surface area contributed by atoms with Gasteiger partial charge in [-0.2, -0.15) is 0 Å². The first-order valence-electron chi connectivity index (χ1n) is 11.3. The molecular formula is C24H31F2N5O4. The molecule has 1 saturated heterocycles. The third kappa shape index (κ3) is 6.84. The van der Waals surface area contributed by atoms with Gasteiger partial charge in [-0.15, -0.1) is 0 Å². The Morgan fingerprint density at radius 2 is 1.86 bits per heavy atom. The summed E-state index contributed by atoms with van der Waals surface area (Å²) in [7, 11) is 0. The lowest BCUT2D eigenvalue weighted by atomic mass is 9.98. The molecule has 1 fully saturated rings. The number of amides is 2. The van der Waals surface area contributed by atoms with Crippen molar-refractivity contribution >= 4 is 17.8 Å². The molecule has 0 saturated carbocycles. The van der Waals surface area contributed by atoms with Gasteiger partial charge in [-0.25, -0.2) is 23.5 Å². The van der Waals surface area contributed by atoms with Gasteiger partial charge in [0.2, 0.25) is 11.8 Å². The van der Waals surface area contributed by atoms with Crippen LogP contribution < -0.4 is 10.1 Å². The number of benzene rings is 1. The first-order chi connectivity index (χ1) is 16.2. The molecular weight excluding hydrogens is 460 g/mol. The summed E-state index contributed by atoms with van der Waals surface area (Å²) in [6.07, 6.45) is 2.13. The normalized spacial score (nSPS) is 17.0. The van der Waals surface area contributed by atoms with Crippen LogP contribution in [0.25, 0.3) is 0 Å². The van der Waals surface area contributed by atoms with Crippen LogP contribution in [0.15, 0.2) is 30.6 Å². The zero-order valence-corrected chi connectivity index (χ0v) is 20.8. The van der Waals surface area contributed by atoms with Crippen molar-refractivity contribution in [2.24, 2.45) is 0 Å². The van der Waals surface area contributed by atoms with Gasteiger partial charge < -0.3 is 19.7 Å². The van der Waals surface area contributed by atoms with E-state index in [2.05, 4.69) is 15.3 Å². The maximum Gasteiger partial charge on any atom is 0.410 e. The van der Waals surface area contributed by atoms with Crippen LogP contribution in [0.1, 0.15) is 41.5 Å². The van der Waals surface area contributed by atoms with Crippen molar-refractivity contribution in [3.8, 4) is 11.6 Å². The van der Waals surface area contributed by atoms with Crippen LogP contribution in [0.3, 0.4) is 0 Å². The molecule has 1 atom stereocenters. The van der Waals surface area contributed by atoms with Gasteiger partial charge in [0.15, 0.2) is 17.4 Å². The molecule has 1 aliphatic heterocycles. The van der Waals surface area contributed by atoms with E-state index in [-0.39, 0.29) is 29.4 Å². The average molecular weight is 492 g/mol. The predicted octanol–water partition coefficient (Wildman–Crippen LogP) is 4.21. The standard InChI is InChI=1S/C24H31F2N5O4/c1-15(30-9-10-31(24(5,6)14-30)22(33)35-23(2,3)4)21(32)29-19-12-28-20(13-27-19)34-18-8-7-16(25)11-17(18)26/h7-8,11-13,15H,9-10,14H2,1-6H3,(H,27,29,32). The fourth-order valence-corrected chi connectivity index (χ4v) is 3.68. The number of anilines is 1. The number of hydrogen-bond donors (Lipinski definition) is 1. The number of aromatic nitrogens is 2. The maximum absolute atomic E-state index is 13.7. The molecule has 1 aromatic carbocycles. The Bertz CT molecular complexity index is 1070. The highest BCUT2D eigenvalue weighted by Crippen LogP contribution is 2.26. The smallest absolute Gasteiger partial charge is 0.410 e. The van der Waals surface area contributed by atoms with Crippen LogP contribution in [-0.2, 0) is 9.53 Å². The highest BCUT2D eigenvalue weighted by atomic mass is 19.1. The van der Waals surface area contributed by atoms with E-state index in [0.717, 1.165) is 12.1 Å². The van der Waals surface area contributed by atoms with E-state index in [4.69, 9.17) is 9.47 Å².